The van der Waals surface area contributed by atoms with Crippen molar-refractivity contribution in [2.24, 2.45) is 5.92 Å². The minimum atomic E-state index is 0.0671. The van der Waals surface area contributed by atoms with Crippen LogP contribution in [0.25, 0.3) is 5.65 Å². The third-order valence-electron chi connectivity index (χ3n) is 6.68. The van der Waals surface area contributed by atoms with Crippen LogP contribution in [0.4, 0.5) is 0 Å². The van der Waals surface area contributed by atoms with Gasteiger partial charge in [-0.15, -0.1) is 0 Å². The summed E-state index contributed by atoms with van der Waals surface area (Å²) in [5.74, 6) is 1.15. The Hall–Kier alpha value is -1.91. The first-order valence-electron chi connectivity index (χ1n) is 11.8. The number of likely N-dealkylation sites (tertiary alicyclic amines) is 1. The van der Waals surface area contributed by atoms with Crippen LogP contribution in [-0.4, -0.2) is 38.5 Å². The average molecular weight is 397 g/mol. The molecule has 0 aromatic carbocycles. The standard InChI is InChI=1S/C24H36N4O/c1-18(2)22-16-20(15-19-11-7-3-4-8-12-19)25-23-17-21(26-28(22)23)24(29)27-13-9-5-6-10-14-27/h16-19H,3-15H2,1-2H3. The fourth-order valence-electron chi connectivity index (χ4n) is 4.97. The van der Waals surface area contributed by atoms with Crippen molar-refractivity contribution < 1.29 is 4.79 Å². The molecule has 29 heavy (non-hydrogen) atoms. The van der Waals surface area contributed by atoms with E-state index in [1.165, 1.54) is 57.1 Å². The van der Waals surface area contributed by atoms with Gasteiger partial charge in [0.2, 0.25) is 0 Å². The van der Waals surface area contributed by atoms with E-state index in [1.807, 2.05) is 15.5 Å². The maximum atomic E-state index is 13.1. The Balaban J connectivity index is 1.61. The van der Waals surface area contributed by atoms with E-state index in [0.29, 0.717) is 11.6 Å². The molecule has 2 aliphatic rings. The second-order valence-electron chi connectivity index (χ2n) is 9.39. The van der Waals surface area contributed by atoms with Crippen molar-refractivity contribution in [1.29, 1.82) is 0 Å². The Morgan fingerprint density at radius 2 is 1.66 bits per heavy atom. The van der Waals surface area contributed by atoms with Gasteiger partial charge in [0.15, 0.2) is 11.3 Å². The molecule has 158 valence electrons. The van der Waals surface area contributed by atoms with Gasteiger partial charge in [-0.2, -0.15) is 5.10 Å². The van der Waals surface area contributed by atoms with E-state index < -0.39 is 0 Å². The van der Waals surface area contributed by atoms with Gasteiger partial charge in [-0.05, 0) is 37.2 Å². The highest BCUT2D eigenvalue weighted by Gasteiger charge is 2.22. The maximum absolute atomic E-state index is 13.1. The van der Waals surface area contributed by atoms with Gasteiger partial charge in [-0.1, -0.05) is 65.2 Å². The molecule has 0 bridgehead atoms. The van der Waals surface area contributed by atoms with Crippen molar-refractivity contribution in [3.63, 3.8) is 0 Å². The van der Waals surface area contributed by atoms with E-state index >= 15 is 0 Å². The minimum absolute atomic E-state index is 0.0671. The number of amides is 1. The molecule has 0 atom stereocenters. The molecule has 1 aliphatic heterocycles. The van der Waals surface area contributed by atoms with Crippen LogP contribution in [0.1, 0.15) is 106 Å². The summed E-state index contributed by atoms with van der Waals surface area (Å²) < 4.78 is 1.91. The van der Waals surface area contributed by atoms with E-state index in [9.17, 15) is 4.79 Å². The molecule has 0 unspecified atom stereocenters. The van der Waals surface area contributed by atoms with Crippen LogP contribution in [0.3, 0.4) is 0 Å². The van der Waals surface area contributed by atoms with Crippen molar-refractivity contribution in [3.05, 3.63) is 29.2 Å². The van der Waals surface area contributed by atoms with Gasteiger partial charge in [-0.25, -0.2) is 9.50 Å². The lowest BCUT2D eigenvalue weighted by atomic mass is 9.94. The van der Waals surface area contributed by atoms with Gasteiger partial charge < -0.3 is 4.90 Å². The van der Waals surface area contributed by atoms with Gasteiger partial charge in [0, 0.05) is 30.5 Å². The summed E-state index contributed by atoms with van der Waals surface area (Å²) in [6.07, 6.45) is 13.8. The zero-order valence-electron chi connectivity index (χ0n) is 18.2. The van der Waals surface area contributed by atoms with E-state index in [0.717, 1.165) is 49.6 Å². The fraction of sp³-hybridized carbons (Fsp3) is 0.708. The topological polar surface area (TPSA) is 50.5 Å². The predicted molar refractivity (Wildman–Crippen MR) is 116 cm³/mol. The van der Waals surface area contributed by atoms with Crippen molar-refractivity contribution in [2.45, 2.75) is 90.4 Å². The molecular weight excluding hydrogens is 360 g/mol. The van der Waals surface area contributed by atoms with Crippen LogP contribution >= 0.6 is 0 Å². The summed E-state index contributed by atoms with van der Waals surface area (Å²) in [5.41, 5.74) is 3.71. The average Bonchev–Trinajstić information content (AvgIpc) is 2.89. The van der Waals surface area contributed by atoms with Crippen LogP contribution in [-0.2, 0) is 6.42 Å². The normalized spacial score (nSPS) is 19.5. The number of fused-ring (bicyclic) bond motifs is 1. The van der Waals surface area contributed by atoms with Gasteiger partial charge in [-0.3, -0.25) is 4.79 Å². The van der Waals surface area contributed by atoms with E-state index in [1.54, 1.807) is 0 Å². The van der Waals surface area contributed by atoms with Gasteiger partial charge in [0.25, 0.3) is 5.91 Å². The van der Waals surface area contributed by atoms with Gasteiger partial charge in [0.05, 0.1) is 0 Å². The number of hydrogen-bond donors (Lipinski definition) is 0. The second-order valence-corrected chi connectivity index (χ2v) is 9.39. The monoisotopic (exact) mass is 396 g/mol. The first-order chi connectivity index (χ1) is 14.1. The lowest BCUT2D eigenvalue weighted by Crippen LogP contribution is -2.32. The van der Waals surface area contributed by atoms with Crippen LogP contribution in [0.2, 0.25) is 0 Å². The van der Waals surface area contributed by atoms with E-state index in [-0.39, 0.29) is 5.91 Å². The minimum Gasteiger partial charge on any atom is -0.337 e. The summed E-state index contributed by atoms with van der Waals surface area (Å²) in [5, 5.41) is 4.71. The van der Waals surface area contributed by atoms with Crippen molar-refractivity contribution in [2.75, 3.05) is 13.1 Å². The Morgan fingerprint density at radius 3 is 2.31 bits per heavy atom. The molecule has 2 fully saturated rings. The quantitative estimate of drug-likeness (QED) is 0.652. The zero-order valence-corrected chi connectivity index (χ0v) is 18.2. The number of nitrogens with zero attached hydrogens (tertiary/aromatic N) is 4. The second kappa shape index (κ2) is 9.27. The van der Waals surface area contributed by atoms with Crippen LogP contribution in [0.5, 0.6) is 0 Å². The molecule has 0 N–H and O–H groups in total. The fourth-order valence-corrected chi connectivity index (χ4v) is 4.97. The highest BCUT2D eigenvalue weighted by Crippen LogP contribution is 2.27. The summed E-state index contributed by atoms with van der Waals surface area (Å²) >= 11 is 0. The molecule has 2 aromatic heterocycles. The molecule has 1 amide bonds. The number of carbonyl (C=O) groups excluding carboxylic acids is 1. The SMILES string of the molecule is CC(C)c1cc(CC2CCCCCC2)nc2cc(C(=O)N3CCCCCC3)nn12. The summed E-state index contributed by atoms with van der Waals surface area (Å²) in [4.78, 5) is 20.0. The molecule has 5 nitrogen and oxygen atoms in total. The molecule has 4 rings (SSSR count). The molecule has 5 heteroatoms. The van der Waals surface area contributed by atoms with E-state index in [2.05, 4.69) is 19.9 Å². The van der Waals surface area contributed by atoms with Crippen LogP contribution < -0.4 is 0 Å². The summed E-state index contributed by atoms with van der Waals surface area (Å²) in [6.45, 7) is 6.10. The van der Waals surface area contributed by atoms with Crippen molar-refractivity contribution in [3.8, 4) is 0 Å². The Morgan fingerprint density at radius 1 is 1.00 bits per heavy atom. The third-order valence-corrected chi connectivity index (χ3v) is 6.68. The molecule has 1 aliphatic carbocycles. The molecule has 0 radical (unpaired) electrons. The van der Waals surface area contributed by atoms with Crippen LogP contribution in [0, 0.1) is 5.92 Å². The first kappa shape index (κ1) is 20.4. The Labute approximate surface area is 174 Å². The molecule has 2 aromatic rings. The smallest absolute Gasteiger partial charge is 0.274 e. The van der Waals surface area contributed by atoms with Crippen LogP contribution in [0.15, 0.2) is 12.1 Å². The highest BCUT2D eigenvalue weighted by atomic mass is 16.2. The van der Waals surface area contributed by atoms with Crippen molar-refractivity contribution >= 4 is 11.6 Å². The lowest BCUT2D eigenvalue weighted by Gasteiger charge is -2.18. The number of rotatable bonds is 4. The van der Waals surface area contributed by atoms with Gasteiger partial charge >= 0.3 is 0 Å². The molecule has 1 saturated heterocycles. The number of carbonyl (C=O) groups is 1. The zero-order chi connectivity index (χ0) is 20.2. The van der Waals surface area contributed by atoms with E-state index in [4.69, 9.17) is 10.1 Å². The number of aromatic nitrogens is 3. The van der Waals surface area contributed by atoms with Gasteiger partial charge in [0.1, 0.15) is 0 Å². The molecule has 3 heterocycles. The Bertz CT molecular complexity index is 825. The number of hydrogen-bond acceptors (Lipinski definition) is 3. The molecular formula is C24H36N4O. The van der Waals surface area contributed by atoms with Crippen molar-refractivity contribution in [1.82, 2.24) is 19.5 Å². The highest BCUT2D eigenvalue weighted by molar-refractivity contribution is 5.93. The predicted octanol–water partition coefficient (Wildman–Crippen LogP) is 5.38. The summed E-state index contributed by atoms with van der Waals surface area (Å²) in [7, 11) is 0. The molecule has 0 spiro atoms. The first-order valence-corrected chi connectivity index (χ1v) is 11.8. The lowest BCUT2D eigenvalue weighted by molar-refractivity contribution is 0.0755. The molecule has 1 saturated carbocycles. The Kier molecular flexibility index (Phi) is 6.51. The third kappa shape index (κ3) is 4.81. The maximum Gasteiger partial charge on any atom is 0.274 e. The summed E-state index contributed by atoms with van der Waals surface area (Å²) in [6, 6.07) is 4.14. The largest absolute Gasteiger partial charge is 0.337 e.